The molecule has 1 saturated heterocycles. The van der Waals surface area contributed by atoms with Gasteiger partial charge in [0, 0.05) is 18.2 Å². The summed E-state index contributed by atoms with van der Waals surface area (Å²) in [6.07, 6.45) is 3.31. The van der Waals surface area contributed by atoms with Crippen LogP contribution in [0.1, 0.15) is 24.8 Å². The van der Waals surface area contributed by atoms with Crippen molar-refractivity contribution in [1.29, 1.82) is 0 Å². The molecule has 2 nitrogen and oxygen atoms in total. The average molecular weight is 291 g/mol. The number of hydrogen-bond donors (Lipinski definition) is 1. The van der Waals surface area contributed by atoms with Gasteiger partial charge in [-0.25, -0.2) is 8.78 Å². The Bertz CT molecular complexity index is 393. The molecule has 2 rings (SSSR count). The van der Waals surface area contributed by atoms with E-state index in [-0.39, 0.29) is 12.4 Å². The van der Waals surface area contributed by atoms with E-state index in [2.05, 4.69) is 10.2 Å². The van der Waals surface area contributed by atoms with Crippen LogP contribution in [0.15, 0.2) is 18.2 Å². The topological polar surface area (TPSA) is 15.3 Å². The van der Waals surface area contributed by atoms with Gasteiger partial charge >= 0.3 is 0 Å². The van der Waals surface area contributed by atoms with Gasteiger partial charge in [0.1, 0.15) is 0 Å². The zero-order valence-corrected chi connectivity index (χ0v) is 12.0. The molecule has 108 valence electrons. The Kier molecular flexibility index (Phi) is 6.69. The third-order valence-corrected chi connectivity index (χ3v) is 3.62. The molecule has 1 aliphatic heterocycles. The Balaban J connectivity index is 0.00000180. The lowest BCUT2D eigenvalue weighted by atomic mass is 10.1. The van der Waals surface area contributed by atoms with Gasteiger partial charge in [-0.15, -0.1) is 12.4 Å². The van der Waals surface area contributed by atoms with E-state index >= 15 is 0 Å². The van der Waals surface area contributed by atoms with Crippen LogP contribution < -0.4 is 5.32 Å². The fourth-order valence-corrected chi connectivity index (χ4v) is 2.51. The van der Waals surface area contributed by atoms with Gasteiger partial charge in [-0.1, -0.05) is 12.1 Å². The lowest BCUT2D eigenvalue weighted by molar-refractivity contribution is 0.213. The molecule has 1 aromatic rings. The molecule has 1 fully saturated rings. The lowest BCUT2D eigenvalue weighted by Crippen LogP contribution is -2.32. The lowest BCUT2D eigenvalue weighted by Gasteiger charge is -2.27. The Hall–Kier alpha value is -0.710. The maximum Gasteiger partial charge on any atom is 0.163 e. The van der Waals surface area contributed by atoms with Crippen LogP contribution in [0, 0.1) is 11.6 Å². The Morgan fingerprint density at radius 2 is 2.05 bits per heavy atom. The molecule has 0 aromatic heterocycles. The van der Waals surface area contributed by atoms with Crippen molar-refractivity contribution in [1.82, 2.24) is 10.2 Å². The van der Waals surface area contributed by atoms with E-state index in [1.165, 1.54) is 0 Å². The van der Waals surface area contributed by atoms with Crippen molar-refractivity contribution in [3.05, 3.63) is 35.4 Å². The van der Waals surface area contributed by atoms with Gasteiger partial charge in [-0.2, -0.15) is 0 Å². The highest BCUT2D eigenvalue weighted by atomic mass is 35.5. The molecule has 1 aromatic carbocycles. The SMILES string of the molecule is CN(Cc1cccc(F)c1F)C1CCCNCC1.Cl. The second kappa shape index (κ2) is 7.78. The second-order valence-electron chi connectivity index (χ2n) is 4.96. The zero-order valence-electron chi connectivity index (χ0n) is 11.2. The highest BCUT2D eigenvalue weighted by Crippen LogP contribution is 2.18. The van der Waals surface area contributed by atoms with E-state index in [0.717, 1.165) is 38.4 Å². The van der Waals surface area contributed by atoms with Crippen molar-refractivity contribution < 1.29 is 8.78 Å². The molecule has 0 aliphatic carbocycles. The van der Waals surface area contributed by atoms with Crippen LogP contribution in [0.4, 0.5) is 8.78 Å². The van der Waals surface area contributed by atoms with E-state index in [1.807, 2.05) is 7.05 Å². The molecule has 1 atom stereocenters. The number of benzene rings is 1. The minimum Gasteiger partial charge on any atom is -0.317 e. The maximum absolute atomic E-state index is 13.6. The van der Waals surface area contributed by atoms with E-state index in [4.69, 9.17) is 0 Å². The first-order valence-corrected chi connectivity index (χ1v) is 6.52. The van der Waals surface area contributed by atoms with E-state index in [9.17, 15) is 8.78 Å². The second-order valence-corrected chi connectivity index (χ2v) is 4.96. The van der Waals surface area contributed by atoms with Crippen molar-refractivity contribution in [2.24, 2.45) is 0 Å². The molecule has 1 aliphatic rings. The molecule has 0 saturated carbocycles. The molecule has 0 bridgehead atoms. The van der Waals surface area contributed by atoms with Crippen molar-refractivity contribution in [2.75, 3.05) is 20.1 Å². The third-order valence-electron chi connectivity index (χ3n) is 3.62. The number of nitrogens with one attached hydrogen (secondary N) is 1. The highest BCUT2D eigenvalue weighted by molar-refractivity contribution is 5.85. The zero-order chi connectivity index (χ0) is 13.0. The first-order valence-electron chi connectivity index (χ1n) is 6.52. The van der Waals surface area contributed by atoms with Gasteiger partial charge in [-0.05, 0) is 45.5 Å². The predicted octanol–water partition coefficient (Wildman–Crippen LogP) is 2.96. The Labute approximate surface area is 119 Å². The standard InChI is InChI=1S/C14H20F2N2.ClH/c1-18(12-5-3-8-17-9-7-12)10-11-4-2-6-13(15)14(11)16;/h2,4,6,12,17H,3,5,7-10H2,1H3;1H. The predicted molar refractivity (Wildman–Crippen MR) is 75.6 cm³/mol. The number of hydrogen-bond acceptors (Lipinski definition) is 2. The maximum atomic E-state index is 13.6. The molecule has 19 heavy (non-hydrogen) atoms. The van der Waals surface area contributed by atoms with Gasteiger partial charge in [0.2, 0.25) is 0 Å². The normalized spacial score (nSPS) is 19.9. The molecule has 5 heteroatoms. The fraction of sp³-hybridized carbons (Fsp3) is 0.571. The Morgan fingerprint density at radius 1 is 1.26 bits per heavy atom. The average Bonchev–Trinajstić information content (AvgIpc) is 2.63. The summed E-state index contributed by atoms with van der Waals surface area (Å²) in [5.41, 5.74) is 0.440. The van der Waals surface area contributed by atoms with Crippen LogP contribution >= 0.6 is 12.4 Å². The molecule has 0 spiro atoms. The molecule has 1 unspecified atom stereocenters. The molecular formula is C14H21ClF2N2. The van der Waals surface area contributed by atoms with Gasteiger partial charge in [0.05, 0.1) is 0 Å². The van der Waals surface area contributed by atoms with Crippen molar-refractivity contribution in [3.8, 4) is 0 Å². The Morgan fingerprint density at radius 3 is 2.84 bits per heavy atom. The molecule has 0 amide bonds. The molecule has 1 N–H and O–H groups in total. The van der Waals surface area contributed by atoms with Crippen LogP contribution in [-0.2, 0) is 6.54 Å². The first-order chi connectivity index (χ1) is 8.68. The number of nitrogens with zero attached hydrogens (tertiary/aromatic N) is 1. The minimum atomic E-state index is -0.761. The minimum absolute atomic E-state index is 0. The van der Waals surface area contributed by atoms with Crippen LogP contribution in [0.5, 0.6) is 0 Å². The molecule has 1 heterocycles. The molecular weight excluding hydrogens is 270 g/mol. The smallest absolute Gasteiger partial charge is 0.163 e. The van der Waals surface area contributed by atoms with E-state index < -0.39 is 11.6 Å². The van der Waals surface area contributed by atoms with Crippen LogP contribution in [-0.4, -0.2) is 31.1 Å². The monoisotopic (exact) mass is 290 g/mol. The van der Waals surface area contributed by atoms with Crippen LogP contribution in [0.25, 0.3) is 0 Å². The summed E-state index contributed by atoms with van der Waals surface area (Å²) >= 11 is 0. The summed E-state index contributed by atoms with van der Waals surface area (Å²) < 4.78 is 26.7. The molecule has 0 radical (unpaired) electrons. The fourth-order valence-electron chi connectivity index (χ4n) is 2.51. The van der Waals surface area contributed by atoms with Crippen molar-refractivity contribution in [3.63, 3.8) is 0 Å². The van der Waals surface area contributed by atoms with E-state index in [0.29, 0.717) is 18.2 Å². The quantitative estimate of drug-likeness (QED) is 0.921. The van der Waals surface area contributed by atoms with Crippen LogP contribution in [0.2, 0.25) is 0 Å². The summed E-state index contributed by atoms with van der Waals surface area (Å²) in [6.45, 7) is 2.52. The summed E-state index contributed by atoms with van der Waals surface area (Å²) in [7, 11) is 1.99. The van der Waals surface area contributed by atoms with Gasteiger partial charge in [0.15, 0.2) is 11.6 Å². The first kappa shape index (κ1) is 16.3. The van der Waals surface area contributed by atoms with E-state index in [1.54, 1.807) is 12.1 Å². The third kappa shape index (κ3) is 4.41. The van der Waals surface area contributed by atoms with Crippen molar-refractivity contribution >= 4 is 12.4 Å². The largest absolute Gasteiger partial charge is 0.317 e. The highest BCUT2D eigenvalue weighted by Gasteiger charge is 2.18. The van der Waals surface area contributed by atoms with Gasteiger partial charge < -0.3 is 5.32 Å². The van der Waals surface area contributed by atoms with Crippen LogP contribution in [0.3, 0.4) is 0 Å². The van der Waals surface area contributed by atoms with Gasteiger partial charge in [0.25, 0.3) is 0 Å². The number of halogens is 3. The van der Waals surface area contributed by atoms with Crippen molar-refractivity contribution in [2.45, 2.75) is 31.8 Å². The summed E-state index contributed by atoms with van der Waals surface area (Å²) in [6, 6.07) is 4.83. The summed E-state index contributed by atoms with van der Waals surface area (Å²) in [5, 5.41) is 3.36. The van der Waals surface area contributed by atoms with Gasteiger partial charge in [-0.3, -0.25) is 4.90 Å². The number of rotatable bonds is 3. The summed E-state index contributed by atoms with van der Waals surface area (Å²) in [4.78, 5) is 2.13. The summed E-state index contributed by atoms with van der Waals surface area (Å²) in [5.74, 6) is -1.47.